The minimum Gasteiger partial charge on any atom is -0.480 e. The number of hydrogen-bond acceptors (Lipinski definition) is 5. The summed E-state index contributed by atoms with van der Waals surface area (Å²) in [6.45, 7) is 0. The fraction of sp³-hybridized carbons (Fsp3) is 0.300. The number of carbonyl (C=O) groups is 1. The number of nitro groups is 1. The summed E-state index contributed by atoms with van der Waals surface area (Å²) >= 11 is 3.11. The summed E-state index contributed by atoms with van der Waals surface area (Å²) in [6, 6.07) is 3.09. The van der Waals surface area contributed by atoms with Crippen LogP contribution in [-0.2, 0) is 11.2 Å². The number of benzene rings is 1. The van der Waals surface area contributed by atoms with E-state index in [1.165, 1.54) is 12.1 Å². The van der Waals surface area contributed by atoms with E-state index in [1.54, 1.807) is 6.07 Å². The van der Waals surface area contributed by atoms with Gasteiger partial charge in [0.15, 0.2) is 6.04 Å². The second-order valence-electron chi connectivity index (χ2n) is 3.53. The Morgan fingerprint density at radius 3 is 2.72 bits per heavy atom. The predicted molar refractivity (Wildman–Crippen MR) is 66.3 cm³/mol. The summed E-state index contributed by atoms with van der Waals surface area (Å²) in [6.07, 6.45) is 0.0353. The van der Waals surface area contributed by atoms with Gasteiger partial charge >= 0.3 is 5.97 Å². The summed E-state index contributed by atoms with van der Waals surface area (Å²) in [5.41, 5.74) is 0.262. The Balaban J connectivity index is 2.87. The zero-order valence-corrected chi connectivity index (χ0v) is 10.7. The molecule has 0 saturated carbocycles. The van der Waals surface area contributed by atoms with Gasteiger partial charge in [0.25, 0.3) is 5.69 Å². The number of rotatable bonds is 6. The first-order chi connectivity index (χ1) is 8.45. The van der Waals surface area contributed by atoms with E-state index in [9.17, 15) is 19.8 Å². The molecule has 1 aromatic rings. The molecule has 8 heteroatoms. The molecule has 0 aliphatic heterocycles. The highest BCUT2D eigenvalue weighted by Gasteiger charge is 2.20. The van der Waals surface area contributed by atoms with Crippen molar-refractivity contribution in [3.8, 4) is 0 Å². The van der Waals surface area contributed by atoms with Crippen LogP contribution in [0.25, 0.3) is 0 Å². The molecular weight excluding hydrogens is 308 g/mol. The van der Waals surface area contributed by atoms with Gasteiger partial charge in [-0.25, -0.2) is 4.79 Å². The molecule has 1 aromatic carbocycles. The van der Waals surface area contributed by atoms with Crippen LogP contribution in [0.5, 0.6) is 0 Å². The van der Waals surface area contributed by atoms with E-state index in [2.05, 4.69) is 21.1 Å². The third-order valence-corrected chi connectivity index (χ3v) is 2.84. The minimum absolute atomic E-state index is 0.0681. The van der Waals surface area contributed by atoms with Crippen molar-refractivity contribution in [2.45, 2.75) is 18.9 Å². The van der Waals surface area contributed by atoms with Crippen LogP contribution in [0.4, 0.5) is 5.69 Å². The van der Waals surface area contributed by atoms with E-state index in [0.717, 1.165) is 0 Å². The Hall–Kier alpha value is -1.83. The van der Waals surface area contributed by atoms with Gasteiger partial charge in [0.1, 0.15) is 0 Å². The Bertz CT molecular complexity index is 491. The first kappa shape index (κ1) is 14.2. The maximum absolute atomic E-state index is 10.8. The Morgan fingerprint density at radius 1 is 1.56 bits per heavy atom. The SMILES string of the molecule is O=NC(CCc1ccc(Br)cc1[N+](=O)[O-])C(=O)O. The van der Waals surface area contributed by atoms with Crippen molar-refractivity contribution in [2.75, 3.05) is 0 Å². The van der Waals surface area contributed by atoms with Gasteiger partial charge in [-0.1, -0.05) is 27.2 Å². The van der Waals surface area contributed by atoms with Crippen LogP contribution in [0.15, 0.2) is 27.8 Å². The monoisotopic (exact) mass is 316 g/mol. The summed E-state index contributed by atoms with van der Waals surface area (Å²) < 4.78 is 0.557. The van der Waals surface area contributed by atoms with E-state index in [4.69, 9.17) is 5.11 Å². The molecule has 1 unspecified atom stereocenters. The summed E-state index contributed by atoms with van der Waals surface area (Å²) in [4.78, 5) is 31.1. The van der Waals surface area contributed by atoms with Gasteiger partial charge in [0.05, 0.1) is 4.92 Å². The van der Waals surface area contributed by atoms with Crippen LogP contribution in [0.2, 0.25) is 0 Å². The molecule has 0 spiro atoms. The number of nitro benzene ring substituents is 1. The lowest BCUT2D eigenvalue weighted by Crippen LogP contribution is -2.18. The van der Waals surface area contributed by atoms with Gasteiger partial charge in [0.2, 0.25) is 0 Å². The first-order valence-corrected chi connectivity index (χ1v) is 5.73. The molecule has 0 bridgehead atoms. The molecule has 0 radical (unpaired) electrons. The van der Waals surface area contributed by atoms with Crippen molar-refractivity contribution < 1.29 is 14.8 Å². The molecule has 0 heterocycles. The molecule has 96 valence electrons. The third-order valence-electron chi connectivity index (χ3n) is 2.34. The third kappa shape index (κ3) is 3.59. The van der Waals surface area contributed by atoms with E-state index in [-0.39, 0.29) is 18.5 Å². The fourth-order valence-corrected chi connectivity index (χ4v) is 1.78. The van der Waals surface area contributed by atoms with Crippen LogP contribution in [0.3, 0.4) is 0 Å². The van der Waals surface area contributed by atoms with E-state index >= 15 is 0 Å². The summed E-state index contributed by atoms with van der Waals surface area (Å²) in [7, 11) is 0. The second-order valence-corrected chi connectivity index (χ2v) is 4.44. The Morgan fingerprint density at radius 2 is 2.22 bits per heavy atom. The van der Waals surface area contributed by atoms with Crippen LogP contribution in [-0.4, -0.2) is 22.0 Å². The van der Waals surface area contributed by atoms with Crippen LogP contribution in [0, 0.1) is 15.0 Å². The van der Waals surface area contributed by atoms with Crippen LogP contribution in [0.1, 0.15) is 12.0 Å². The molecule has 7 nitrogen and oxygen atoms in total. The number of nitroso groups, excluding NO2 is 1. The van der Waals surface area contributed by atoms with Crippen molar-refractivity contribution in [2.24, 2.45) is 5.18 Å². The highest BCUT2D eigenvalue weighted by Crippen LogP contribution is 2.25. The fourth-order valence-electron chi connectivity index (χ4n) is 1.43. The van der Waals surface area contributed by atoms with Crippen molar-refractivity contribution in [1.29, 1.82) is 0 Å². The van der Waals surface area contributed by atoms with Crippen molar-refractivity contribution in [3.05, 3.63) is 43.3 Å². The molecule has 0 fully saturated rings. The van der Waals surface area contributed by atoms with E-state index < -0.39 is 16.9 Å². The molecule has 0 amide bonds. The van der Waals surface area contributed by atoms with Gasteiger partial charge in [0, 0.05) is 16.1 Å². The standard InChI is InChI=1S/C10H9BrN2O5/c11-7-3-1-6(9(5-7)13(17)18)2-4-8(12-16)10(14)15/h1,3,5,8H,2,4H2,(H,14,15). The second kappa shape index (κ2) is 6.20. The summed E-state index contributed by atoms with van der Waals surface area (Å²) in [5, 5.41) is 21.9. The Labute approximate surface area is 110 Å². The lowest BCUT2D eigenvalue weighted by atomic mass is 10.0. The molecule has 0 aromatic heterocycles. The maximum atomic E-state index is 10.8. The number of aryl methyl sites for hydroxylation is 1. The van der Waals surface area contributed by atoms with Gasteiger partial charge < -0.3 is 5.11 Å². The smallest absolute Gasteiger partial charge is 0.332 e. The molecule has 0 saturated heterocycles. The van der Waals surface area contributed by atoms with Crippen LogP contribution >= 0.6 is 15.9 Å². The number of carboxylic acids is 1. The molecule has 0 aliphatic carbocycles. The number of carboxylic acid groups (broad SMARTS) is 1. The zero-order valence-electron chi connectivity index (χ0n) is 9.08. The quantitative estimate of drug-likeness (QED) is 0.492. The lowest BCUT2D eigenvalue weighted by molar-refractivity contribution is -0.385. The van der Waals surface area contributed by atoms with E-state index in [1.807, 2.05) is 0 Å². The molecule has 18 heavy (non-hydrogen) atoms. The topological polar surface area (TPSA) is 110 Å². The molecule has 1 atom stereocenters. The Kier molecular flexibility index (Phi) is 4.90. The number of halogens is 1. The highest BCUT2D eigenvalue weighted by atomic mass is 79.9. The van der Waals surface area contributed by atoms with Gasteiger partial charge in [-0.3, -0.25) is 10.1 Å². The lowest BCUT2D eigenvalue weighted by Gasteiger charge is -2.05. The predicted octanol–water partition coefficient (Wildman–Crippen LogP) is 2.51. The number of aliphatic carboxylic acids is 1. The van der Waals surface area contributed by atoms with Crippen molar-refractivity contribution >= 4 is 27.6 Å². The molecular formula is C10H9BrN2O5. The van der Waals surface area contributed by atoms with Crippen molar-refractivity contribution in [1.82, 2.24) is 0 Å². The normalized spacial score (nSPS) is 11.8. The number of nitrogens with zero attached hydrogens (tertiary/aromatic N) is 2. The average molecular weight is 317 g/mol. The van der Waals surface area contributed by atoms with Gasteiger partial charge in [-0.05, 0) is 18.9 Å². The number of hydrogen-bond donors (Lipinski definition) is 1. The maximum Gasteiger partial charge on any atom is 0.332 e. The van der Waals surface area contributed by atoms with Crippen molar-refractivity contribution in [3.63, 3.8) is 0 Å². The molecule has 1 rings (SSSR count). The molecule has 1 N–H and O–H groups in total. The largest absolute Gasteiger partial charge is 0.480 e. The minimum atomic E-state index is -1.38. The first-order valence-electron chi connectivity index (χ1n) is 4.93. The van der Waals surface area contributed by atoms with Gasteiger partial charge in [-0.2, -0.15) is 0 Å². The average Bonchev–Trinajstić information content (AvgIpc) is 2.30. The highest BCUT2D eigenvalue weighted by molar-refractivity contribution is 9.10. The van der Waals surface area contributed by atoms with Crippen LogP contribution < -0.4 is 0 Å². The summed E-state index contributed by atoms with van der Waals surface area (Å²) in [5.74, 6) is -1.33. The molecule has 0 aliphatic rings. The van der Waals surface area contributed by atoms with E-state index in [0.29, 0.717) is 10.0 Å². The zero-order chi connectivity index (χ0) is 13.7. The van der Waals surface area contributed by atoms with Gasteiger partial charge in [-0.15, -0.1) is 4.91 Å².